The van der Waals surface area contributed by atoms with Crippen molar-refractivity contribution in [3.63, 3.8) is 0 Å². The van der Waals surface area contributed by atoms with Crippen molar-refractivity contribution in [2.75, 3.05) is 13.6 Å². The molecule has 2 heterocycles. The minimum Gasteiger partial charge on any atom is -0.358 e. The number of aromatic nitrogens is 3. The molecule has 1 aliphatic heterocycles. The third-order valence-corrected chi connectivity index (χ3v) is 5.05. The van der Waals surface area contributed by atoms with Crippen LogP contribution < -0.4 is 16.0 Å². The summed E-state index contributed by atoms with van der Waals surface area (Å²) >= 11 is 0. The summed E-state index contributed by atoms with van der Waals surface area (Å²) in [4.78, 5) is 24.1. The molecule has 1 saturated heterocycles. The summed E-state index contributed by atoms with van der Waals surface area (Å²) in [5.74, 6) is -0.162. The topological polar surface area (TPSA) is 101 Å². The van der Waals surface area contributed by atoms with Gasteiger partial charge in [-0.05, 0) is 29.5 Å². The highest BCUT2D eigenvalue weighted by Crippen LogP contribution is 2.22. The molecule has 0 saturated carbocycles. The van der Waals surface area contributed by atoms with Crippen molar-refractivity contribution in [3.05, 3.63) is 47.3 Å². The van der Waals surface area contributed by atoms with Gasteiger partial charge in [0.15, 0.2) is 0 Å². The predicted octanol–water partition coefficient (Wildman–Crippen LogP) is 1.15. The van der Waals surface area contributed by atoms with Crippen LogP contribution in [0.3, 0.4) is 0 Å². The maximum atomic E-state index is 12.4. The van der Waals surface area contributed by atoms with Crippen molar-refractivity contribution in [2.24, 2.45) is 0 Å². The Kier molecular flexibility index (Phi) is 5.79. The molecule has 1 fully saturated rings. The van der Waals surface area contributed by atoms with E-state index >= 15 is 0 Å². The normalized spacial score (nSPS) is 19.4. The number of nitrogens with zero attached hydrogens (tertiary/aromatic N) is 3. The highest BCUT2D eigenvalue weighted by Gasteiger charge is 2.30. The Labute approximate surface area is 165 Å². The maximum Gasteiger partial charge on any atom is 0.251 e. The van der Waals surface area contributed by atoms with Gasteiger partial charge in [-0.3, -0.25) is 9.59 Å². The molecule has 0 radical (unpaired) electrons. The van der Waals surface area contributed by atoms with Gasteiger partial charge in [-0.25, -0.2) is 4.68 Å². The Morgan fingerprint density at radius 1 is 1.25 bits per heavy atom. The van der Waals surface area contributed by atoms with Crippen LogP contribution in [0.2, 0.25) is 0 Å². The Bertz CT molecular complexity index is 837. The molecule has 0 unspecified atom stereocenters. The number of benzene rings is 1. The SMILES string of the molecule is CNC(=O)[C@@H]1C[C@H](n2cc(CNC(=O)c3ccc(C(C)(C)C)cc3)nn2)CN1. The minimum absolute atomic E-state index is 0.0208. The first-order chi connectivity index (χ1) is 13.3. The molecule has 8 heteroatoms. The second kappa shape index (κ2) is 8.10. The average Bonchev–Trinajstić information content (AvgIpc) is 3.34. The van der Waals surface area contributed by atoms with Gasteiger partial charge in [0.05, 0.1) is 24.8 Å². The lowest BCUT2D eigenvalue weighted by Crippen LogP contribution is -2.38. The second-order valence-electron chi connectivity index (χ2n) is 8.16. The first kappa shape index (κ1) is 20.0. The lowest BCUT2D eigenvalue weighted by atomic mass is 9.87. The molecule has 0 spiro atoms. The van der Waals surface area contributed by atoms with Crippen LogP contribution >= 0.6 is 0 Å². The van der Waals surface area contributed by atoms with E-state index in [9.17, 15) is 9.59 Å². The summed E-state index contributed by atoms with van der Waals surface area (Å²) in [6, 6.07) is 7.52. The van der Waals surface area contributed by atoms with Crippen LogP contribution in [0, 0.1) is 0 Å². The van der Waals surface area contributed by atoms with Crippen LogP contribution in [0.25, 0.3) is 0 Å². The van der Waals surface area contributed by atoms with Gasteiger partial charge in [-0.1, -0.05) is 38.1 Å². The van der Waals surface area contributed by atoms with E-state index < -0.39 is 0 Å². The van der Waals surface area contributed by atoms with Gasteiger partial charge in [0.2, 0.25) is 5.91 Å². The maximum absolute atomic E-state index is 12.4. The van der Waals surface area contributed by atoms with Crippen molar-refractivity contribution in [1.29, 1.82) is 0 Å². The van der Waals surface area contributed by atoms with E-state index in [4.69, 9.17) is 0 Å². The van der Waals surface area contributed by atoms with E-state index in [1.165, 1.54) is 5.56 Å². The lowest BCUT2D eigenvalue weighted by Gasteiger charge is -2.19. The molecule has 3 N–H and O–H groups in total. The van der Waals surface area contributed by atoms with Gasteiger partial charge >= 0.3 is 0 Å². The largest absolute Gasteiger partial charge is 0.358 e. The minimum atomic E-state index is -0.210. The molecular weight excluding hydrogens is 356 g/mol. The number of carbonyl (C=O) groups is 2. The number of carbonyl (C=O) groups excluding carboxylic acids is 2. The lowest BCUT2D eigenvalue weighted by molar-refractivity contribution is -0.122. The van der Waals surface area contributed by atoms with E-state index in [2.05, 4.69) is 47.0 Å². The van der Waals surface area contributed by atoms with Crippen molar-refractivity contribution in [2.45, 2.75) is 51.2 Å². The van der Waals surface area contributed by atoms with E-state index in [0.29, 0.717) is 30.8 Å². The molecule has 2 amide bonds. The zero-order chi connectivity index (χ0) is 20.3. The van der Waals surface area contributed by atoms with Crippen LogP contribution in [0.5, 0.6) is 0 Å². The third-order valence-electron chi connectivity index (χ3n) is 5.05. The summed E-state index contributed by atoms with van der Waals surface area (Å²) in [6.45, 7) is 7.39. The van der Waals surface area contributed by atoms with Crippen molar-refractivity contribution in [3.8, 4) is 0 Å². The first-order valence-electron chi connectivity index (χ1n) is 9.52. The van der Waals surface area contributed by atoms with Crippen LogP contribution in [0.15, 0.2) is 30.5 Å². The average molecular weight is 384 g/mol. The molecule has 2 aromatic rings. The van der Waals surface area contributed by atoms with E-state index in [1.54, 1.807) is 11.7 Å². The van der Waals surface area contributed by atoms with E-state index in [0.717, 1.165) is 0 Å². The quantitative estimate of drug-likeness (QED) is 0.718. The molecule has 1 aromatic carbocycles. The zero-order valence-electron chi connectivity index (χ0n) is 16.8. The van der Waals surface area contributed by atoms with Gasteiger partial charge in [0.1, 0.15) is 5.69 Å². The Balaban J connectivity index is 1.54. The summed E-state index contributed by atoms with van der Waals surface area (Å²) in [5, 5.41) is 17.0. The number of rotatable bonds is 5. The monoisotopic (exact) mass is 384 g/mol. The predicted molar refractivity (Wildman–Crippen MR) is 106 cm³/mol. The van der Waals surface area contributed by atoms with Crippen molar-refractivity contribution < 1.29 is 9.59 Å². The molecule has 3 rings (SSSR count). The summed E-state index contributed by atoms with van der Waals surface area (Å²) in [6.07, 6.45) is 2.48. The van der Waals surface area contributed by atoms with Gasteiger partial charge in [0.25, 0.3) is 5.91 Å². The Hall–Kier alpha value is -2.74. The van der Waals surface area contributed by atoms with Gasteiger partial charge in [0, 0.05) is 19.2 Å². The van der Waals surface area contributed by atoms with Gasteiger partial charge in [-0.15, -0.1) is 5.10 Å². The van der Waals surface area contributed by atoms with Gasteiger partial charge < -0.3 is 16.0 Å². The van der Waals surface area contributed by atoms with Crippen LogP contribution in [-0.4, -0.2) is 46.4 Å². The number of likely N-dealkylation sites (N-methyl/N-ethyl adjacent to an activating group) is 1. The highest BCUT2D eigenvalue weighted by atomic mass is 16.2. The van der Waals surface area contributed by atoms with Gasteiger partial charge in [-0.2, -0.15) is 0 Å². The van der Waals surface area contributed by atoms with Crippen LogP contribution in [0.1, 0.15) is 54.8 Å². The zero-order valence-corrected chi connectivity index (χ0v) is 16.8. The van der Waals surface area contributed by atoms with E-state index in [-0.39, 0.29) is 29.3 Å². The fraction of sp³-hybridized carbons (Fsp3) is 0.500. The van der Waals surface area contributed by atoms with Crippen LogP contribution in [0.4, 0.5) is 0 Å². The number of nitrogens with one attached hydrogen (secondary N) is 3. The Morgan fingerprint density at radius 3 is 2.61 bits per heavy atom. The third kappa shape index (κ3) is 4.56. The van der Waals surface area contributed by atoms with Crippen molar-refractivity contribution in [1.82, 2.24) is 30.9 Å². The summed E-state index contributed by atoms with van der Waals surface area (Å²) < 4.78 is 1.76. The second-order valence-corrected chi connectivity index (χ2v) is 8.16. The fourth-order valence-corrected chi connectivity index (χ4v) is 3.26. The molecule has 8 nitrogen and oxygen atoms in total. The van der Waals surface area contributed by atoms with E-state index in [1.807, 2.05) is 30.5 Å². The fourth-order valence-electron chi connectivity index (χ4n) is 3.26. The number of amides is 2. The summed E-state index contributed by atoms with van der Waals surface area (Å²) in [5.41, 5.74) is 2.54. The number of hydrogen-bond acceptors (Lipinski definition) is 5. The molecule has 2 atom stereocenters. The first-order valence-corrected chi connectivity index (χ1v) is 9.52. The molecule has 0 aliphatic carbocycles. The highest BCUT2D eigenvalue weighted by molar-refractivity contribution is 5.94. The van der Waals surface area contributed by atoms with Crippen LogP contribution in [-0.2, 0) is 16.8 Å². The molecule has 1 aromatic heterocycles. The van der Waals surface area contributed by atoms with Crippen molar-refractivity contribution >= 4 is 11.8 Å². The molecular formula is C20H28N6O2. The standard InChI is InChI=1S/C20H28N6O2/c1-20(2,3)14-7-5-13(6-8-14)18(27)23-10-15-12-26(25-24-15)16-9-17(22-11-16)19(28)21-4/h5-8,12,16-17,22H,9-11H2,1-4H3,(H,21,28)(H,23,27)/t16-,17-/m0/s1. The Morgan fingerprint density at radius 2 is 1.96 bits per heavy atom. The molecule has 1 aliphatic rings. The molecule has 0 bridgehead atoms. The summed E-state index contributed by atoms with van der Waals surface area (Å²) in [7, 11) is 1.63. The molecule has 150 valence electrons. The number of hydrogen-bond donors (Lipinski definition) is 3. The smallest absolute Gasteiger partial charge is 0.251 e. The molecule has 28 heavy (non-hydrogen) atoms.